The normalized spacial score (nSPS) is 10.4. The number of carboxylic acid groups (broad SMARTS) is 1. The maximum absolute atomic E-state index is 12.9. The molecule has 0 aromatic heterocycles. The Kier molecular flexibility index (Phi) is 5.14. The van der Waals surface area contributed by atoms with E-state index in [0.29, 0.717) is 22.6 Å². The fourth-order valence-electron chi connectivity index (χ4n) is 2.62. The van der Waals surface area contributed by atoms with Crippen molar-refractivity contribution in [2.24, 2.45) is 0 Å². The van der Waals surface area contributed by atoms with Crippen molar-refractivity contribution in [1.82, 2.24) is 0 Å². The van der Waals surface area contributed by atoms with Crippen LogP contribution in [-0.4, -0.2) is 16.9 Å². The Bertz CT molecular complexity index is 1010. The fourth-order valence-corrected chi connectivity index (χ4v) is 2.84. The minimum Gasteiger partial charge on any atom is -0.478 e. The predicted octanol–water partition coefficient (Wildman–Crippen LogP) is 4.95. The minimum absolute atomic E-state index is 0.0644. The molecule has 0 atom stereocenters. The number of halogens is 1. The summed E-state index contributed by atoms with van der Waals surface area (Å²) in [6.45, 7) is 1.64. The van der Waals surface area contributed by atoms with Crippen LogP contribution >= 0.6 is 11.6 Å². The predicted molar refractivity (Wildman–Crippen MR) is 104 cm³/mol. The Morgan fingerprint density at radius 2 is 1.59 bits per heavy atom. The van der Waals surface area contributed by atoms with E-state index in [1.807, 2.05) is 30.3 Å². The van der Waals surface area contributed by atoms with E-state index in [0.717, 1.165) is 0 Å². The second-order valence-electron chi connectivity index (χ2n) is 5.89. The van der Waals surface area contributed by atoms with Crippen molar-refractivity contribution in [3.8, 4) is 11.5 Å². The molecule has 3 aromatic rings. The maximum Gasteiger partial charge on any atom is 0.336 e. The molecule has 0 aliphatic carbocycles. The number of nitrogens with two attached hydrogens (primary N) is 1. The van der Waals surface area contributed by atoms with Crippen LogP contribution in [0, 0.1) is 6.92 Å². The van der Waals surface area contributed by atoms with Crippen LogP contribution in [0.3, 0.4) is 0 Å². The molecule has 0 bridgehead atoms. The SMILES string of the molecule is Cc1c(Cl)cc(C(=O)O)c(C(=O)c2ccc(Oc3ccccc3)cc2)c1N. The molecule has 3 aromatic carbocycles. The van der Waals surface area contributed by atoms with Gasteiger partial charge in [0.2, 0.25) is 0 Å². The Labute approximate surface area is 161 Å². The van der Waals surface area contributed by atoms with Crippen LogP contribution in [0.1, 0.15) is 31.8 Å². The molecule has 0 spiro atoms. The first kappa shape index (κ1) is 18.5. The summed E-state index contributed by atoms with van der Waals surface area (Å²) >= 11 is 6.01. The number of hydrogen-bond acceptors (Lipinski definition) is 4. The highest BCUT2D eigenvalue weighted by Crippen LogP contribution is 2.31. The molecule has 3 N–H and O–H groups in total. The summed E-state index contributed by atoms with van der Waals surface area (Å²) in [5.41, 5.74) is 6.53. The topological polar surface area (TPSA) is 89.6 Å². The van der Waals surface area contributed by atoms with Gasteiger partial charge in [0.15, 0.2) is 5.78 Å². The number of ether oxygens (including phenoxy) is 1. The molecule has 27 heavy (non-hydrogen) atoms. The van der Waals surface area contributed by atoms with Crippen molar-refractivity contribution in [2.75, 3.05) is 5.73 Å². The molecule has 3 rings (SSSR count). The van der Waals surface area contributed by atoms with Crippen LogP contribution < -0.4 is 10.5 Å². The van der Waals surface area contributed by atoms with Gasteiger partial charge in [-0.1, -0.05) is 29.8 Å². The van der Waals surface area contributed by atoms with Crippen molar-refractivity contribution in [2.45, 2.75) is 6.92 Å². The van der Waals surface area contributed by atoms with Gasteiger partial charge in [0, 0.05) is 16.3 Å². The van der Waals surface area contributed by atoms with Gasteiger partial charge in [0.25, 0.3) is 0 Å². The molecule has 6 heteroatoms. The molecule has 136 valence electrons. The molecule has 0 fully saturated rings. The van der Waals surface area contributed by atoms with E-state index in [4.69, 9.17) is 22.1 Å². The number of benzene rings is 3. The van der Waals surface area contributed by atoms with Gasteiger partial charge in [-0.15, -0.1) is 0 Å². The van der Waals surface area contributed by atoms with Crippen LogP contribution in [0.2, 0.25) is 5.02 Å². The maximum atomic E-state index is 12.9. The first-order valence-electron chi connectivity index (χ1n) is 8.08. The van der Waals surface area contributed by atoms with E-state index >= 15 is 0 Å². The number of anilines is 1. The number of carbonyl (C=O) groups excluding carboxylic acids is 1. The monoisotopic (exact) mass is 381 g/mol. The number of aromatic carboxylic acids is 1. The van der Waals surface area contributed by atoms with Gasteiger partial charge >= 0.3 is 5.97 Å². The molecule has 0 saturated heterocycles. The van der Waals surface area contributed by atoms with E-state index in [1.54, 1.807) is 31.2 Å². The van der Waals surface area contributed by atoms with Gasteiger partial charge in [-0.2, -0.15) is 0 Å². The molecule has 5 nitrogen and oxygen atoms in total. The lowest BCUT2D eigenvalue weighted by atomic mass is 9.94. The largest absolute Gasteiger partial charge is 0.478 e. The molecular weight excluding hydrogens is 366 g/mol. The summed E-state index contributed by atoms with van der Waals surface area (Å²) in [4.78, 5) is 24.4. The summed E-state index contributed by atoms with van der Waals surface area (Å²) < 4.78 is 5.69. The number of carbonyl (C=O) groups is 2. The van der Waals surface area contributed by atoms with Gasteiger partial charge in [-0.05, 0) is 55.0 Å². The van der Waals surface area contributed by atoms with E-state index in [1.165, 1.54) is 6.07 Å². The van der Waals surface area contributed by atoms with Gasteiger partial charge in [0.05, 0.1) is 11.1 Å². The Morgan fingerprint density at radius 1 is 1.00 bits per heavy atom. The first-order chi connectivity index (χ1) is 12.9. The van der Waals surface area contributed by atoms with Crippen LogP contribution in [0.15, 0.2) is 60.7 Å². The third-order valence-electron chi connectivity index (χ3n) is 4.12. The smallest absolute Gasteiger partial charge is 0.336 e. The molecule has 0 saturated carbocycles. The summed E-state index contributed by atoms with van der Waals surface area (Å²) in [7, 11) is 0. The highest BCUT2D eigenvalue weighted by atomic mass is 35.5. The zero-order chi connectivity index (χ0) is 19.6. The summed E-state index contributed by atoms with van der Waals surface area (Å²) in [5, 5.41) is 9.62. The average Bonchev–Trinajstić information content (AvgIpc) is 2.66. The van der Waals surface area contributed by atoms with Gasteiger partial charge in [-0.25, -0.2) is 4.79 Å². The molecule has 0 radical (unpaired) electrons. The van der Waals surface area contributed by atoms with Crippen LogP contribution in [-0.2, 0) is 0 Å². The second kappa shape index (κ2) is 7.51. The number of carboxylic acids is 1. The second-order valence-corrected chi connectivity index (χ2v) is 6.30. The zero-order valence-corrected chi connectivity index (χ0v) is 15.2. The molecule has 0 amide bonds. The fraction of sp³-hybridized carbons (Fsp3) is 0.0476. The number of ketones is 1. The first-order valence-corrected chi connectivity index (χ1v) is 8.46. The Morgan fingerprint density at radius 3 is 2.19 bits per heavy atom. The number of rotatable bonds is 5. The Hall–Kier alpha value is -3.31. The van der Waals surface area contributed by atoms with Crippen molar-refractivity contribution in [3.63, 3.8) is 0 Å². The van der Waals surface area contributed by atoms with Gasteiger partial charge < -0.3 is 15.6 Å². The Balaban J connectivity index is 1.95. The average molecular weight is 382 g/mol. The van der Waals surface area contributed by atoms with Gasteiger partial charge in [-0.3, -0.25) is 4.79 Å². The number of hydrogen-bond donors (Lipinski definition) is 2. The summed E-state index contributed by atoms with van der Waals surface area (Å²) in [5.74, 6) is -0.536. The van der Waals surface area contributed by atoms with Crippen molar-refractivity contribution in [1.29, 1.82) is 0 Å². The zero-order valence-electron chi connectivity index (χ0n) is 14.4. The lowest BCUT2D eigenvalue weighted by molar-refractivity contribution is 0.0693. The molecule has 0 aliphatic heterocycles. The van der Waals surface area contributed by atoms with Crippen molar-refractivity contribution in [3.05, 3.63) is 87.9 Å². The lowest BCUT2D eigenvalue weighted by Gasteiger charge is -2.13. The minimum atomic E-state index is -1.27. The third kappa shape index (κ3) is 3.78. The quantitative estimate of drug-likeness (QED) is 0.482. The van der Waals surface area contributed by atoms with E-state index in [-0.39, 0.29) is 21.8 Å². The summed E-state index contributed by atoms with van der Waals surface area (Å²) in [6.07, 6.45) is 0. The number of nitrogen functional groups attached to an aromatic ring is 1. The lowest BCUT2D eigenvalue weighted by Crippen LogP contribution is -2.14. The highest BCUT2D eigenvalue weighted by molar-refractivity contribution is 6.33. The van der Waals surface area contributed by atoms with Crippen molar-refractivity contribution >= 4 is 29.0 Å². The van der Waals surface area contributed by atoms with Crippen LogP contribution in [0.25, 0.3) is 0 Å². The van der Waals surface area contributed by atoms with E-state index in [9.17, 15) is 14.7 Å². The molecule has 0 unspecified atom stereocenters. The molecular formula is C21H16ClNO4. The van der Waals surface area contributed by atoms with Crippen molar-refractivity contribution < 1.29 is 19.4 Å². The van der Waals surface area contributed by atoms with E-state index in [2.05, 4.69) is 0 Å². The standard InChI is InChI=1S/C21H16ClNO4/c1-12-17(22)11-16(21(25)26)18(19(12)23)20(24)13-7-9-15(10-8-13)27-14-5-3-2-4-6-14/h2-11H,23H2,1H3,(H,25,26). The van der Waals surface area contributed by atoms with E-state index < -0.39 is 11.8 Å². The summed E-state index contributed by atoms with van der Waals surface area (Å²) in [6, 6.07) is 16.9. The van der Waals surface area contributed by atoms with Crippen LogP contribution in [0.4, 0.5) is 5.69 Å². The third-order valence-corrected chi connectivity index (χ3v) is 4.52. The van der Waals surface area contributed by atoms with Gasteiger partial charge in [0.1, 0.15) is 11.5 Å². The molecule has 0 aliphatic rings. The highest BCUT2D eigenvalue weighted by Gasteiger charge is 2.24. The van der Waals surface area contributed by atoms with Crippen LogP contribution in [0.5, 0.6) is 11.5 Å². The molecule has 0 heterocycles. The number of para-hydroxylation sites is 1.